The number of amidine groups is 1. The fourth-order valence-corrected chi connectivity index (χ4v) is 8.75. The lowest BCUT2D eigenvalue weighted by atomic mass is 9.84. The van der Waals surface area contributed by atoms with Gasteiger partial charge in [-0.25, -0.2) is 10.4 Å². The van der Waals surface area contributed by atoms with Crippen molar-refractivity contribution in [1.29, 1.82) is 0 Å². The van der Waals surface area contributed by atoms with E-state index in [4.69, 9.17) is 14.2 Å². The van der Waals surface area contributed by atoms with Crippen molar-refractivity contribution in [2.45, 2.75) is 92.0 Å². The van der Waals surface area contributed by atoms with Gasteiger partial charge in [-0.05, 0) is 96.7 Å². The number of amides is 2. The average Bonchev–Trinajstić information content (AvgIpc) is 3.86. The Hall–Kier alpha value is -5.47. The van der Waals surface area contributed by atoms with Crippen LogP contribution in [-0.2, 0) is 54.6 Å². The molecule has 6 bridgehead atoms. The van der Waals surface area contributed by atoms with Gasteiger partial charge in [0.1, 0.15) is 24.4 Å². The van der Waals surface area contributed by atoms with Gasteiger partial charge in [-0.2, -0.15) is 0 Å². The van der Waals surface area contributed by atoms with Gasteiger partial charge in [0.05, 0.1) is 25.5 Å². The standard InChI is InChI=1S/C46H59N7O7/c1-7-52-40-11-10-30-23-35(40)36(41(52)37-25-47-14-12-31(37)26-58-6)24-46(4,5)27-60-44(57)38-9-8-17-53(51-38)43(56)39(21-29-19-32(30)22-33(54)20-29)50-42(55)34(28(2)3)13-15-48-45-49-16-18-59-45/h10-12,14,19-20,22-23,25,28,34,38-39,51,54H,7-9,13,15-18,21,24,26-27H2,1-6H3,(H,48,49)(H,50,55)/t34-,38-,39-/m0/s1. The number of hydrogen-bond donors (Lipinski definition) is 4. The van der Waals surface area contributed by atoms with Crippen molar-refractivity contribution in [2.75, 3.05) is 40.0 Å². The van der Waals surface area contributed by atoms with E-state index >= 15 is 0 Å². The monoisotopic (exact) mass is 821 g/mol. The Bertz CT molecular complexity index is 2250. The number of esters is 1. The summed E-state index contributed by atoms with van der Waals surface area (Å²) in [4.78, 5) is 51.3. The molecule has 0 spiro atoms. The zero-order chi connectivity index (χ0) is 42.6. The van der Waals surface area contributed by atoms with E-state index in [-0.39, 0.29) is 36.5 Å². The second kappa shape index (κ2) is 18.4. The van der Waals surface area contributed by atoms with E-state index in [1.165, 1.54) is 5.01 Å². The summed E-state index contributed by atoms with van der Waals surface area (Å²) < 4.78 is 19.5. The Morgan fingerprint density at radius 3 is 2.70 bits per heavy atom. The average molecular weight is 822 g/mol. The number of hydrazine groups is 1. The number of pyridine rings is 1. The molecule has 60 heavy (non-hydrogen) atoms. The molecule has 4 aromatic rings. The lowest BCUT2D eigenvalue weighted by molar-refractivity contribution is -0.155. The minimum absolute atomic E-state index is 0.0240. The number of phenolic OH excluding ortho intramolecular Hbond substituents is 1. The second-order valence-electron chi connectivity index (χ2n) is 17.3. The summed E-state index contributed by atoms with van der Waals surface area (Å²) in [5.74, 6) is -1.46. The summed E-state index contributed by atoms with van der Waals surface area (Å²) in [5.41, 5.74) is 10.1. The van der Waals surface area contributed by atoms with Gasteiger partial charge in [-0.1, -0.05) is 39.8 Å². The highest BCUT2D eigenvalue weighted by molar-refractivity contribution is 5.95. The maximum absolute atomic E-state index is 14.5. The van der Waals surface area contributed by atoms with Crippen LogP contribution in [0, 0.1) is 17.3 Å². The van der Waals surface area contributed by atoms with E-state index in [9.17, 15) is 19.5 Å². The maximum Gasteiger partial charge on any atom is 0.324 e. The number of cyclic esters (lactones) is 1. The number of ether oxygens (including phenoxy) is 3. The molecule has 1 saturated heterocycles. The first kappa shape index (κ1) is 42.6. The number of aromatic hydroxyl groups is 1. The Morgan fingerprint density at radius 1 is 1.12 bits per heavy atom. The van der Waals surface area contributed by atoms with Crippen LogP contribution in [0.5, 0.6) is 5.75 Å². The van der Waals surface area contributed by atoms with Crippen molar-refractivity contribution >= 4 is 34.7 Å². The first-order chi connectivity index (χ1) is 28.8. The van der Waals surface area contributed by atoms with Crippen LogP contribution in [0.4, 0.5) is 0 Å². The molecule has 0 aliphatic carbocycles. The number of hydrogen-bond acceptors (Lipinski definition) is 11. The quantitative estimate of drug-likeness (QED) is 0.149. The van der Waals surface area contributed by atoms with Crippen LogP contribution in [0.1, 0.15) is 70.6 Å². The van der Waals surface area contributed by atoms with Gasteiger partial charge < -0.3 is 34.5 Å². The Kier molecular flexibility index (Phi) is 13.1. The number of phenols is 1. The van der Waals surface area contributed by atoms with Crippen molar-refractivity contribution in [3.63, 3.8) is 0 Å². The molecule has 0 unspecified atom stereocenters. The number of carbonyl (C=O) groups excluding carboxylic acids is 3. The third-order valence-corrected chi connectivity index (χ3v) is 11.8. The third kappa shape index (κ3) is 9.44. The molecule has 1 fully saturated rings. The van der Waals surface area contributed by atoms with Crippen LogP contribution in [-0.4, -0.2) is 95.5 Å². The predicted molar refractivity (Wildman–Crippen MR) is 230 cm³/mol. The van der Waals surface area contributed by atoms with E-state index in [0.29, 0.717) is 76.7 Å². The zero-order valence-electron chi connectivity index (χ0n) is 35.7. The van der Waals surface area contributed by atoms with Crippen molar-refractivity contribution in [2.24, 2.45) is 22.2 Å². The zero-order valence-corrected chi connectivity index (χ0v) is 35.7. The van der Waals surface area contributed by atoms with Crippen LogP contribution >= 0.6 is 0 Å². The minimum Gasteiger partial charge on any atom is -0.508 e. The van der Waals surface area contributed by atoms with E-state index in [1.807, 2.05) is 32.2 Å². The fourth-order valence-electron chi connectivity index (χ4n) is 8.75. The number of aryl methyl sites for hydroxylation is 1. The van der Waals surface area contributed by atoms with Gasteiger partial charge in [-0.15, -0.1) is 0 Å². The Balaban J connectivity index is 1.31. The number of nitrogens with one attached hydrogen (secondary N) is 3. The van der Waals surface area contributed by atoms with Crippen LogP contribution in [0.25, 0.3) is 33.3 Å². The molecule has 3 atom stereocenters. The normalized spacial score (nSPS) is 20.0. The molecule has 5 heterocycles. The van der Waals surface area contributed by atoms with Crippen molar-refractivity contribution in [3.8, 4) is 28.1 Å². The van der Waals surface area contributed by atoms with Gasteiger partial charge in [0, 0.05) is 73.4 Å². The lowest BCUT2D eigenvalue weighted by Crippen LogP contribution is -2.61. The summed E-state index contributed by atoms with van der Waals surface area (Å²) in [6.45, 7) is 13.5. The molecule has 2 aromatic carbocycles. The molecular weight excluding hydrogens is 763 g/mol. The van der Waals surface area contributed by atoms with E-state index in [2.05, 4.69) is 69.6 Å². The molecule has 4 N–H and O–H groups in total. The van der Waals surface area contributed by atoms with Crippen LogP contribution < -0.4 is 16.1 Å². The van der Waals surface area contributed by atoms with E-state index in [1.54, 1.807) is 25.4 Å². The number of aromatic nitrogens is 2. The molecule has 2 amide bonds. The van der Waals surface area contributed by atoms with Crippen molar-refractivity contribution in [3.05, 3.63) is 71.5 Å². The molecule has 2 aromatic heterocycles. The Labute approximate surface area is 352 Å². The van der Waals surface area contributed by atoms with Crippen molar-refractivity contribution in [1.82, 2.24) is 30.6 Å². The van der Waals surface area contributed by atoms with Gasteiger partial charge in [0.2, 0.25) is 5.91 Å². The highest BCUT2D eigenvalue weighted by atomic mass is 16.5. The van der Waals surface area contributed by atoms with E-state index in [0.717, 1.165) is 44.4 Å². The number of benzene rings is 2. The molecule has 3 aliphatic rings. The first-order valence-electron chi connectivity index (χ1n) is 21.2. The smallest absolute Gasteiger partial charge is 0.324 e. The third-order valence-electron chi connectivity index (χ3n) is 11.8. The van der Waals surface area contributed by atoms with Crippen LogP contribution in [0.2, 0.25) is 0 Å². The van der Waals surface area contributed by atoms with Gasteiger partial charge in [0.25, 0.3) is 11.9 Å². The summed E-state index contributed by atoms with van der Waals surface area (Å²) in [6.07, 6.45) is 5.91. The summed E-state index contributed by atoms with van der Waals surface area (Å²) in [5, 5.41) is 20.0. The van der Waals surface area contributed by atoms with E-state index < -0.39 is 29.4 Å². The number of nitrogens with zero attached hydrogens (tertiary/aromatic N) is 4. The van der Waals surface area contributed by atoms with Gasteiger partial charge in [0.15, 0.2) is 0 Å². The molecule has 14 nitrogen and oxygen atoms in total. The summed E-state index contributed by atoms with van der Waals surface area (Å²) in [6, 6.07) is 12.4. The molecule has 7 rings (SSSR count). The number of methoxy groups -OCH3 is 1. The molecule has 14 heteroatoms. The maximum atomic E-state index is 14.5. The van der Waals surface area contributed by atoms with Gasteiger partial charge >= 0.3 is 5.97 Å². The van der Waals surface area contributed by atoms with Gasteiger partial charge in [-0.3, -0.25) is 24.4 Å². The molecule has 3 aliphatic heterocycles. The Morgan fingerprint density at radius 2 is 1.95 bits per heavy atom. The minimum atomic E-state index is -1.00. The van der Waals surface area contributed by atoms with Crippen LogP contribution in [0.15, 0.2) is 59.9 Å². The van der Waals surface area contributed by atoms with Crippen molar-refractivity contribution < 1.29 is 33.7 Å². The predicted octanol–water partition coefficient (Wildman–Crippen LogP) is 5.53. The summed E-state index contributed by atoms with van der Waals surface area (Å²) >= 11 is 0. The molecule has 0 radical (unpaired) electrons. The topological polar surface area (TPSA) is 169 Å². The molecule has 0 saturated carbocycles. The highest BCUT2D eigenvalue weighted by Crippen LogP contribution is 2.41. The largest absolute Gasteiger partial charge is 0.508 e. The number of fused-ring (bicyclic) bond motifs is 6. The summed E-state index contributed by atoms with van der Waals surface area (Å²) in [7, 11) is 1.69. The molecular formula is C46H59N7O7. The number of carbonyl (C=O) groups is 3. The van der Waals surface area contributed by atoms with Crippen LogP contribution in [0.3, 0.4) is 0 Å². The SMILES string of the molecule is CCn1c(-c2cnccc2COC)c2c3cc(ccc31)-c1cc(O)cc(c1)C[C@H](NC(=O)[C@@H](CCNC1=NCCO1)C(C)C)C(=O)N1CCC[C@H](N1)C(=O)OCC(C)(C)C2. The number of rotatable bonds is 10. The molecule has 320 valence electrons. The highest BCUT2D eigenvalue weighted by Gasteiger charge is 2.36. The lowest BCUT2D eigenvalue weighted by Gasteiger charge is -2.36. The fraction of sp³-hybridized carbons (Fsp3) is 0.500. The first-order valence-corrected chi connectivity index (χ1v) is 21.2. The number of aliphatic imine (C=N–C) groups is 1. The second-order valence-corrected chi connectivity index (χ2v) is 17.3.